The molecule has 30 heavy (non-hydrogen) atoms. The molecule has 7 nitrogen and oxygen atoms in total. The number of carbonyl (C=O) groups excluding carboxylic acids is 1. The summed E-state index contributed by atoms with van der Waals surface area (Å²) in [6, 6.07) is 11.5. The predicted molar refractivity (Wildman–Crippen MR) is 115 cm³/mol. The van der Waals surface area contributed by atoms with Gasteiger partial charge in [0.05, 0.1) is 18.6 Å². The Balaban J connectivity index is 1.91. The number of benzene rings is 2. The summed E-state index contributed by atoms with van der Waals surface area (Å²) < 4.78 is 11.1. The van der Waals surface area contributed by atoms with E-state index >= 15 is 0 Å². The average molecular weight is 410 g/mol. The van der Waals surface area contributed by atoms with E-state index in [4.69, 9.17) is 14.5 Å². The maximum Gasteiger partial charge on any atom is 0.269 e. The fourth-order valence-corrected chi connectivity index (χ4v) is 3.71. The molecule has 0 saturated heterocycles. The van der Waals surface area contributed by atoms with Gasteiger partial charge in [-0.25, -0.2) is 0 Å². The zero-order valence-corrected chi connectivity index (χ0v) is 17.5. The monoisotopic (exact) mass is 410 g/mol. The Morgan fingerprint density at radius 3 is 2.47 bits per heavy atom. The number of nitrogens with zero attached hydrogens (tertiary/aromatic N) is 2. The van der Waals surface area contributed by atoms with E-state index in [1.807, 2.05) is 25.1 Å². The van der Waals surface area contributed by atoms with Gasteiger partial charge in [0, 0.05) is 36.6 Å². The van der Waals surface area contributed by atoms with Gasteiger partial charge >= 0.3 is 0 Å². The van der Waals surface area contributed by atoms with E-state index in [9.17, 15) is 14.9 Å². The van der Waals surface area contributed by atoms with Crippen molar-refractivity contribution in [3.05, 3.63) is 63.7 Å². The minimum atomic E-state index is -0.498. The van der Waals surface area contributed by atoms with Crippen LogP contribution < -0.4 is 9.47 Å². The summed E-state index contributed by atoms with van der Waals surface area (Å²) in [6.45, 7) is 4.51. The van der Waals surface area contributed by atoms with Crippen molar-refractivity contribution in [2.75, 3.05) is 13.7 Å². The van der Waals surface area contributed by atoms with Gasteiger partial charge in [-0.3, -0.25) is 19.9 Å². The van der Waals surface area contributed by atoms with Gasteiger partial charge < -0.3 is 9.47 Å². The molecule has 1 aliphatic heterocycles. The number of ether oxygens (including phenoxy) is 2. The van der Waals surface area contributed by atoms with Gasteiger partial charge in [-0.2, -0.15) is 0 Å². The highest BCUT2D eigenvalue weighted by atomic mass is 16.6. The topological polar surface area (TPSA) is 91.0 Å². The third kappa shape index (κ3) is 4.67. The predicted octanol–water partition coefficient (Wildman–Crippen LogP) is 4.40. The largest absolute Gasteiger partial charge is 0.493 e. The summed E-state index contributed by atoms with van der Waals surface area (Å²) >= 11 is 0. The summed E-state index contributed by atoms with van der Waals surface area (Å²) in [5, 5.41) is 10.9. The number of non-ortho nitro benzene ring substituents is 1. The number of aliphatic imine (C=N–C) groups is 1. The van der Waals surface area contributed by atoms with Crippen molar-refractivity contribution in [3.63, 3.8) is 0 Å². The first-order chi connectivity index (χ1) is 14.5. The van der Waals surface area contributed by atoms with Crippen molar-refractivity contribution < 1.29 is 19.2 Å². The van der Waals surface area contributed by atoms with Crippen LogP contribution in [0.4, 0.5) is 5.69 Å². The molecule has 0 aromatic heterocycles. The van der Waals surface area contributed by atoms with Crippen molar-refractivity contribution in [1.29, 1.82) is 0 Å². The van der Waals surface area contributed by atoms with Gasteiger partial charge in [-0.15, -0.1) is 0 Å². The molecule has 158 valence electrons. The highest BCUT2D eigenvalue weighted by Gasteiger charge is 2.31. The van der Waals surface area contributed by atoms with Crippen LogP contribution in [0.3, 0.4) is 0 Å². The first-order valence-corrected chi connectivity index (χ1v) is 10.1. The number of hydrogen-bond donors (Lipinski definition) is 0. The molecule has 3 rings (SSSR count). The Bertz CT molecular complexity index is 953. The van der Waals surface area contributed by atoms with Gasteiger partial charge in [-0.1, -0.05) is 19.1 Å². The van der Waals surface area contributed by atoms with Crippen LogP contribution in [-0.2, 0) is 11.2 Å². The second kappa shape index (κ2) is 9.52. The lowest BCUT2D eigenvalue weighted by Gasteiger charge is -2.27. The van der Waals surface area contributed by atoms with Crippen LogP contribution >= 0.6 is 0 Å². The van der Waals surface area contributed by atoms with Crippen molar-refractivity contribution in [1.82, 2.24) is 0 Å². The second-order valence-corrected chi connectivity index (χ2v) is 7.23. The lowest BCUT2D eigenvalue weighted by Crippen LogP contribution is -2.34. The molecular weight excluding hydrogens is 384 g/mol. The molecule has 1 aliphatic rings. The van der Waals surface area contributed by atoms with Crippen molar-refractivity contribution in [2.24, 2.45) is 10.9 Å². The maximum absolute atomic E-state index is 12.7. The first-order valence-electron chi connectivity index (χ1n) is 10.1. The van der Waals surface area contributed by atoms with E-state index in [0.717, 1.165) is 23.3 Å². The van der Waals surface area contributed by atoms with E-state index < -0.39 is 11.0 Å². The number of rotatable bonds is 8. The third-order valence-corrected chi connectivity index (χ3v) is 5.33. The molecule has 0 radical (unpaired) electrons. The summed E-state index contributed by atoms with van der Waals surface area (Å²) in [4.78, 5) is 28.0. The van der Waals surface area contributed by atoms with E-state index in [2.05, 4.69) is 6.92 Å². The van der Waals surface area contributed by atoms with Crippen molar-refractivity contribution in [2.45, 2.75) is 39.2 Å². The molecular formula is C23H26N2O5. The number of nitro groups is 1. The Kier molecular flexibility index (Phi) is 6.82. The molecule has 0 saturated carbocycles. The number of nitro benzene ring substituents is 1. The lowest BCUT2D eigenvalue weighted by atomic mass is 9.83. The number of methoxy groups -OCH3 is 1. The zero-order chi connectivity index (χ0) is 21.7. The smallest absolute Gasteiger partial charge is 0.269 e. The first kappa shape index (κ1) is 21.5. The van der Waals surface area contributed by atoms with Gasteiger partial charge in [-0.05, 0) is 42.7 Å². The van der Waals surface area contributed by atoms with E-state index in [0.29, 0.717) is 30.9 Å². The summed E-state index contributed by atoms with van der Waals surface area (Å²) in [7, 11) is 1.60. The normalized spacial score (nSPS) is 18.6. The molecule has 2 atom stereocenters. The van der Waals surface area contributed by atoms with Gasteiger partial charge in [0.2, 0.25) is 0 Å². The average Bonchev–Trinajstić information content (AvgIpc) is 2.75. The number of ketones is 1. The molecule has 0 spiro atoms. The standard InChI is InChI=1S/C23H26N2O5/c1-4-16-13-20(26)19(12-15-6-9-18(10-7-15)25(27)28)24-23(16)17-8-11-21(30-5-2)22(14-17)29-3/h6-11,14,16,19H,4-5,12-13H2,1-3H3. The third-order valence-electron chi connectivity index (χ3n) is 5.33. The lowest BCUT2D eigenvalue weighted by molar-refractivity contribution is -0.384. The molecule has 0 fully saturated rings. The van der Waals surface area contributed by atoms with Crippen LogP contribution in [0.5, 0.6) is 11.5 Å². The number of carbonyl (C=O) groups is 1. The molecule has 2 aromatic rings. The Morgan fingerprint density at radius 1 is 1.13 bits per heavy atom. The molecule has 0 N–H and O–H groups in total. The van der Waals surface area contributed by atoms with Crippen LogP contribution in [0.25, 0.3) is 0 Å². The fraction of sp³-hybridized carbons (Fsp3) is 0.391. The second-order valence-electron chi connectivity index (χ2n) is 7.23. The van der Waals surface area contributed by atoms with Crippen molar-refractivity contribution >= 4 is 17.2 Å². The Hall–Kier alpha value is -3.22. The summed E-state index contributed by atoms with van der Waals surface area (Å²) in [5.41, 5.74) is 2.69. The maximum atomic E-state index is 12.7. The van der Waals surface area contributed by atoms with Crippen LogP contribution in [0, 0.1) is 16.0 Å². The molecule has 0 amide bonds. The highest BCUT2D eigenvalue weighted by molar-refractivity contribution is 6.08. The van der Waals surface area contributed by atoms with Gasteiger partial charge in [0.15, 0.2) is 17.3 Å². The SMILES string of the molecule is CCOc1ccc(C2=NC(Cc3ccc([N+](=O)[O-])cc3)C(=O)CC2CC)cc1OC. The highest BCUT2D eigenvalue weighted by Crippen LogP contribution is 2.32. The van der Waals surface area contributed by atoms with Crippen LogP contribution in [0.15, 0.2) is 47.5 Å². The summed E-state index contributed by atoms with van der Waals surface area (Å²) in [6.07, 6.45) is 1.66. The summed E-state index contributed by atoms with van der Waals surface area (Å²) in [5.74, 6) is 1.46. The molecule has 2 aromatic carbocycles. The zero-order valence-electron chi connectivity index (χ0n) is 17.5. The van der Waals surface area contributed by atoms with Crippen molar-refractivity contribution in [3.8, 4) is 11.5 Å². The molecule has 7 heteroatoms. The molecule has 0 bridgehead atoms. The molecule has 0 aliphatic carbocycles. The van der Waals surface area contributed by atoms with E-state index in [-0.39, 0.29) is 17.4 Å². The molecule has 2 unspecified atom stereocenters. The quantitative estimate of drug-likeness (QED) is 0.475. The minimum absolute atomic E-state index is 0.0328. The van der Waals surface area contributed by atoms with E-state index in [1.54, 1.807) is 19.2 Å². The number of Topliss-reactive ketones (excluding diaryl/α,β-unsaturated/α-hetero) is 1. The van der Waals surface area contributed by atoms with Gasteiger partial charge in [0.1, 0.15) is 6.04 Å². The van der Waals surface area contributed by atoms with Crippen LogP contribution in [-0.4, -0.2) is 36.2 Å². The minimum Gasteiger partial charge on any atom is -0.493 e. The van der Waals surface area contributed by atoms with Gasteiger partial charge in [0.25, 0.3) is 5.69 Å². The Labute approximate surface area is 175 Å². The van der Waals surface area contributed by atoms with Crippen LogP contribution in [0.2, 0.25) is 0 Å². The number of hydrogen-bond acceptors (Lipinski definition) is 6. The molecule has 1 heterocycles. The fourth-order valence-electron chi connectivity index (χ4n) is 3.71. The Morgan fingerprint density at radius 2 is 1.87 bits per heavy atom. The van der Waals surface area contributed by atoms with Crippen LogP contribution in [0.1, 0.15) is 37.8 Å². The van der Waals surface area contributed by atoms with E-state index in [1.165, 1.54) is 12.1 Å².